The molecule has 1 N–H and O–H groups in total. The second-order valence-electron chi connectivity index (χ2n) is 7.52. The molecule has 0 heterocycles. The van der Waals surface area contributed by atoms with Crippen LogP contribution in [0.5, 0.6) is 0 Å². The van der Waals surface area contributed by atoms with Crippen LogP contribution in [0, 0.1) is 0 Å². The molecule has 28 heavy (non-hydrogen) atoms. The van der Waals surface area contributed by atoms with Gasteiger partial charge < -0.3 is 5.11 Å². The van der Waals surface area contributed by atoms with Gasteiger partial charge in [-0.15, -0.1) is 0 Å². The van der Waals surface area contributed by atoms with Gasteiger partial charge in [0.05, 0.1) is 0 Å². The van der Waals surface area contributed by atoms with E-state index in [1.165, 1.54) is 32.3 Å². The maximum Gasteiger partial charge on any atom is 0.105 e. The molecular formula is C27H18O. The molecule has 0 bridgehead atoms. The Morgan fingerprint density at radius 2 is 1.11 bits per heavy atom. The van der Waals surface area contributed by atoms with Gasteiger partial charge in [-0.1, -0.05) is 91.0 Å². The summed E-state index contributed by atoms with van der Waals surface area (Å²) in [5.41, 5.74) is 1.88. The summed E-state index contributed by atoms with van der Waals surface area (Å²) < 4.78 is 0. The molecule has 0 aromatic heterocycles. The van der Waals surface area contributed by atoms with E-state index in [1.54, 1.807) is 0 Å². The van der Waals surface area contributed by atoms with E-state index < -0.39 is 6.10 Å². The first-order valence-electron chi connectivity index (χ1n) is 9.63. The summed E-state index contributed by atoms with van der Waals surface area (Å²) in [6.45, 7) is 0. The Hall–Kier alpha value is -3.42. The molecule has 0 radical (unpaired) electrons. The van der Waals surface area contributed by atoms with Crippen LogP contribution in [0.3, 0.4) is 0 Å². The van der Waals surface area contributed by atoms with E-state index in [-0.39, 0.29) is 0 Å². The molecule has 0 aliphatic rings. The molecule has 0 aliphatic carbocycles. The molecule has 0 saturated carbocycles. The van der Waals surface area contributed by atoms with Crippen molar-refractivity contribution in [2.75, 3.05) is 0 Å². The van der Waals surface area contributed by atoms with Crippen molar-refractivity contribution in [2.45, 2.75) is 6.10 Å². The first kappa shape index (κ1) is 15.6. The minimum Gasteiger partial charge on any atom is -0.384 e. The molecule has 0 fully saturated rings. The quantitative estimate of drug-likeness (QED) is 0.337. The van der Waals surface area contributed by atoms with Crippen LogP contribution in [0.2, 0.25) is 0 Å². The third-order valence-corrected chi connectivity index (χ3v) is 5.95. The fourth-order valence-electron chi connectivity index (χ4n) is 4.55. The van der Waals surface area contributed by atoms with E-state index in [9.17, 15) is 5.11 Å². The molecule has 6 rings (SSSR count). The molecule has 0 aliphatic heterocycles. The van der Waals surface area contributed by atoms with Crippen molar-refractivity contribution in [1.82, 2.24) is 0 Å². The van der Waals surface area contributed by atoms with E-state index in [1.807, 2.05) is 18.2 Å². The first-order chi connectivity index (χ1) is 13.8. The van der Waals surface area contributed by atoms with Gasteiger partial charge in [0.15, 0.2) is 0 Å². The first-order valence-corrected chi connectivity index (χ1v) is 9.63. The molecule has 0 spiro atoms. The summed E-state index contributed by atoms with van der Waals surface area (Å²) in [7, 11) is 0. The van der Waals surface area contributed by atoms with Crippen molar-refractivity contribution < 1.29 is 5.11 Å². The minimum absolute atomic E-state index is 0.658. The van der Waals surface area contributed by atoms with Crippen LogP contribution in [-0.4, -0.2) is 5.11 Å². The average molecular weight is 358 g/mol. The molecule has 1 unspecified atom stereocenters. The standard InChI is InChI=1S/C27H18O/c28-27(22-11-8-17-4-1-2-5-21(17)16-22)24-15-13-20-10-9-18-6-3-7-19-12-14-23(24)26(20)25(18)19/h1-16,27-28H. The molecule has 0 amide bonds. The van der Waals surface area contributed by atoms with E-state index in [0.717, 1.165) is 21.9 Å². The van der Waals surface area contributed by atoms with Crippen molar-refractivity contribution in [3.63, 3.8) is 0 Å². The van der Waals surface area contributed by atoms with Crippen molar-refractivity contribution in [3.8, 4) is 0 Å². The Labute approximate surface area is 162 Å². The molecule has 0 saturated heterocycles. The zero-order valence-electron chi connectivity index (χ0n) is 15.3. The monoisotopic (exact) mass is 358 g/mol. The lowest BCUT2D eigenvalue weighted by Crippen LogP contribution is -2.01. The van der Waals surface area contributed by atoms with Gasteiger partial charge in [-0.25, -0.2) is 0 Å². The topological polar surface area (TPSA) is 20.2 Å². The second-order valence-corrected chi connectivity index (χ2v) is 7.52. The van der Waals surface area contributed by atoms with Gasteiger partial charge in [-0.3, -0.25) is 0 Å². The van der Waals surface area contributed by atoms with Gasteiger partial charge in [0.25, 0.3) is 0 Å². The summed E-state index contributed by atoms with van der Waals surface area (Å²) in [6.07, 6.45) is -0.658. The molecular weight excluding hydrogens is 340 g/mol. The Morgan fingerprint density at radius 3 is 1.93 bits per heavy atom. The third-order valence-electron chi connectivity index (χ3n) is 5.95. The lowest BCUT2D eigenvalue weighted by Gasteiger charge is -2.18. The highest BCUT2D eigenvalue weighted by molar-refractivity contribution is 6.23. The van der Waals surface area contributed by atoms with E-state index in [2.05, 4.69) is 78.9 Å². The average Bonchev–Trinajstić information content (AvgIpc) is 2.76. The fourth-order valence-corrected chi connectivity index (χ4v) is 4.55. The number of fused-ring (bicyclic) bond motifs is 1. The summed E-state index contributed by atoms with van der Waals surface area (Å²) >= 11 is 0. The SMILES string of the molecule is OC(c1ccc2ccccc2c1)c1ccc2ccc3cccc4ccc1c2c34. The predicted molar refractivity (Wildman–Crippen MR) is 118 cm³/mol. The number of hydrogen-bond acceptors (Lipinski definition) is 1. The predicted octanol–water partition coefficient (Wildman–Crippen LogP) is 6.82. The largest absolute Gasteiger partial charge is 0.384 e. The smallest absolute Gasteiger partial charge is 0.105 e. The lowest BCUT2D eigenvalue weighted by molar-refractivity contribution is 0.222. The number of aliphatic hydroxyl groups excluding tert-OH is 1. The van der Waals surface area contributed by atoms with Crippen LogP contribution in [0.1, 0.15) is 17.2 Å². The highest BCUT2D eigenvalue weighted by Gasteiger charge is 2.17. The molecule has 1 atom stereocenters. The highest BCUT2D eigenvalue weighted by Crippen LogP contribution is 2.39. The Kier molecular flexibility index (Phi) is 3.23. The lowest BCUT2D eigenvalue weighted by atomic mass is 9.89. The maximum atomic E-state index is 11.3. The summed E-state index contributed by atoms with van der Waals surface area (Å²) in [5.74, 6) is 0. The Bertz CT molecular complexity index is 1460. The Balaban J connectivity index is 1.62. The summed E-state index contributed by atoms with van der Waals surface area (Å²) in [6, 6.07) is 33.8. The number of hydrogen-bond donors (Lipinski definition) is 1. The van der Waals surface area contributed by atoms with Crippen LogP contribution in [0.25, 0.3) is 43.1 Å². The van der Waals surface area contributed by atoms with Gasteiger partial charge >= 0.3 is 0 Å². The van der Waals surface area contributed by atoms with Gasteiger partial charge in [-0.05, 0) is 60.3 Å². The molecule has 132 valence electrons. The van der Waals surface area contributed by atoms with Crippen molar-refractivity contribution in [2.24, 2.45) is 0 Å². The van der Waals surface area contributed by atoms with Crippen LogP contribution in [-0.2, 0) is 0 Å². The highest BCUT2D eigenvalue weighted by atomic mass is 16.3. The Morgan fingerprint density at radius 1 is 0.500 bits per heavy atom. The summed E-state index contributed by atoms with van der Waals surface area (Å²) in [4.78, 5) is 0. The van der Waals surface area contributed by atoms with E-state index in [4.69, 9.17) is 0 Å². The van der Waals surface area contributed by atoms with Crippen LogP contribution in [0.4, 0.5) is 0 Å². The van der Waals surface area contributed by atoms with Crippen LogP contribution in [0.15, 0.2) is 97.1 Å². The normalized spacial score (nSPS) is 13.0. The van der Waals surface area contributed by atoms with Crippen molar-refractivity contribution >= 4 is 43.1 Å². The molecule has 6 aromatic carbocycles. The van der Waals surface area contributed by atoms with Crippen molar-refractivity contribution in [3.05, 3.63) is 108 Å². The van der Waals surface area contributed by atoms with Gasteiger partial charge in [0, 0.05) is 0 Å². The second kappa shape index (κ2) is 5.79. The van der Waals surface area contributed by atoms with Crippen LogP contribution < -0.4 is 0 Å². The minimum atomic E-state index is -0.658. The number of benzene rings is 6. The van der Waals surface area contributed by atoms with E-state index >= 15 is 0 Å². The summed E-state index contributed by atoms with van der Waals surface area (Å²) in [5, 5.41) is 21.0. The molecule has 1 heteroatoms. The van der Waals surface area contributed by atoms with Gasteiger partial charge in [0.1, 0.15) is 6.10 Å². The van der Waals surface area contributed by atoms with Crippen molar-refractivity contribution in [1.29, 1.82) is 0 Å². The molecule has 1 nitrogen and oxygen atoms in total. The number of aliphatic hydroxyl groups is 1. The van der Waals surface area contributed by atoms with E-state index in [0.29, 0.717) is 0 Å². The van der Waals surface area contributed by atoms with Gasteiger partial charge in [0.2, 0.25) is 0 Å². The zero-order chi connectivity index (χ0) is 18.7. The third kappa shape index (κ3) is 2.17. The molecule has 6 aromatic rings. The maximum absolute atomic E-state index is 11.3. The number of rotatable bonds is 2. The van der Waals surface area contributed by atoms with Gasteiger partial charge in [-0.2, -0.15) is 0 Å². The van der Waals surface area contributed by atoms with Crippen LogP contribution >= 0.6 is 0 Å². The fraction of sp³-hybridized carbons (Fsp3) is 0.0370. The zero-order valence-corrected chi connectivity index (χ0v) is 15.3.